The second kappa shape index (κ2) is 59.0. The molecule has 418 valence electrons. The van der Waals surface area contributed by atoms with Gasteiger partial charge in [0, 0.05) is 6.42 Å². The van der Waals surface area contributed by atoms with Crippen molar-refractivity contribution in [3.05, 3.63) is 36.5 Å². The van der Waals surface area contributed by atoms with E-state index in [0.29, 0.717) is 19.3 Å². The van der Waals surface area contributed by atoms with Gasteiger partial charge in [0.1, 0.15) is 6.10 Å². The molecular weight excluding hydrogens is 875 g/mol. The fourth-order valence-corrected chi connectivity index (χ4v) is 9.87. The van der Waals surface area contributed by atoms with E-state index in [1.807, 2.05) is 0 Å². The number of nitrogens with one attached hydrogen (secondary N) is 1. The highest BCUT2D eigenvalue weighted by Gasteiger charge is 2.24. The SMILES string of the molecule is CCCCC/C=C\C/C=C\CCCCCCCCCC(CC(=O)NC(CO)C(O)CCCCCCCCCCCCCCCCCC)OC(=O)CCCCCCCCCCC/C=C/CCCCCCCC. The van der Waals surface area contributed by atoms with Gasteiger partial charge in [-0.2, -0.15) is 0 Å². The van der Waals surface area contributed by atoms with E-state index in [2.05, 4.69) is 62.5 Å². The number of amides is 1. The van der Waals surface area contributed by atoms with Crippen molar-refractivity contribution in [2.45, 2.75) is 360 Å². The van der Waals surface area contributed by atoms with Gasteiger partial charge in [0.25, 0.3) is 0 Å². The molecule has 0 spiro atoms. The molecule has 3 atom stereocenters. The smallest absolute Gasteiger partial charge is 0.306 e. The third-order valence-electron chi connectivity index (χ3n) is 14.7. The Hall–Kier alpha value is -1.92. The number of unbranched alkanes of at least 4 members (excludes halogenated alkanes) is 40. The van der Waals surface area contributed by atoms with E-state index in [9.17, 15) is 19.8 Å². The van der Waals surface area contributed by atoms with Crippen molar-refractivity contribution >= 4 is 11.9 Å². The minimum atomic E-state index is -0.790. The Labute approximate surface area is 443 Å². The molecule has 0 heterocycles. The van der Waals surface area contributed by atoms with E-state index >= 15 is 0 Å². The number of allylic oxidation sites excluding steroid dienone is 6. The first-order valence-corrected chi connectivity index (χ1v) is 31.7. The summed E-state index contributed by atoms with van der Waals surface area (Å²) >= 11 is 0. The monoisotopic (exact) mass is 998 g/mol. The average molecular weight is 999 g/mol. The first kappa shape index (κ1) is 69.1. The van der Waals surface area contributed by atoms with Crippen LogP contribution in [0, 0.1) is 0 Å². The predicted molar refractivity (Wildman–Crippen MR) is 310 cm³/mol. The molecule has 0 aromatic rings. The number of esters is 1. The maximum atomic E-state index is 13.3. The second-order valence-electron chi connectivity index (χ2n) is 21.8. The van der Waals surface area contributed by atoms with Crippen molar-refractivity contribution < 1.29 is 24.5 Å². The number of carbonyl (C=O) groups excluding carboxylic acids is 2. The molecule has 0 aromatic carbocycles. The summed E-state index contributed by atoms with van der Waals surface area (Å²) in [7, 11) is 0. The largest absolute Gasteiger partial charge is 0.462 e. The molecule has 0 aliphatic rings. The topological polar surface area (TPSA) is 95.9 Å². The van der Waals surface area contributed by atoms with Gasteiger partial charge in [-0.05, 0) is 83.5 Å². The molecular formula is C65H123NO5. The lowest BCUT2D eigenvalue weighted by Gasteiger charge is -2.24. The molecule has 71 heavy (non-hydrogen) atoms. The minimum absolute atomic E-state index is 0.0751. The average Bonchev–Trinajstić information content (AvgIpc) is 3.36. The van der Waals surface area contributed by atoms with Gasteiger partial charge in [0.15, 0.2) is 0 Å². The van der Waals surface area contributed by atoms with E-state index in [0.717, 1.165) is 64.2 Å². The minimum Gasteiger partial charge on any atom is -0.462 e. The molecule has 0 radical (unpaired) electrons. The normalized spacial score (nSPS) is 13.3. The second-order valence-corrected chi connectivity index (χ2v) is 21.8. The Balaban J connectivity index is 4.53. The van der Waals surface area contributed by atoms with Crippen molar-refractivity contribution in [1.29, 1.82) is 0 Å². The van der Waals surface area contributed by atoms with E-state index in [4.69, 9.17) is 4.74 Å². The van der Waals surface area contributed by atoms with Crippen LogP contribution in [0.4, 0.5) is 0 Å². The summed E-state index contributed by atoms with van der Waals surface area (Å²) < 4.78 is 5.99. The van der Waals surface area contributed by atoms with Gasteiger partial charge in [-0.3, -0.25) is 9.59 Å². The number of hydrogen-bond acceptors (Lipinski definition) is 5. The zero-order valence-electron chi connectivity index (χ0n) is 47.9. The third-order valence-corrected chi connectivity index (χ3v) is 14.7. The molecule has 1 amide bonds. The molecule has 3 unspecified atom stereocenters. The first-order valence-electron chi connectivity index (χ1n) is 31.7. The van der Waals surface area contributed by atoms with E-state index in [1.165, 1.54) is 231 Å². The van der Waals surface area contributed by atoms with Gasteiger partial charge in [-0.1, -0.05) is 282 Å². The van der Waals surface area contributed by atoms with Crippen LogP contribution in [0.5, 0.6) is 0 Å². The summed E-state index contributed by atoms with van der Waals surface area (Å²) in [5.41, 5.74) is 0. The van der Waals surface area contributed by atoms with Crippen LogP contribution in [0.2, 0.25) is 0 Å². The molecule has 0 fully saturated rings. The summed E-state index contributed by atoms with van der Waals surface area (Å²) in [5, 5.41) is 24.0. The fraction of sp³-hybridized carbons (Fsp3) is 0.877. The van der Waals surface area contributed by atoms with Crippen molar-refractivity contribution in [1.82, 2.24) is 5.32 Å². The molecule has 0 aromatic heterocycles. The lowest BCUT2D eigenvalue weighted by molar-refractivity contribution is -0.151. The molecule has 3 N–H and O–H groups in total. The van der Waals surface area contributed by atoms with Crippen molar-refractivity contribution in [2.24, 2.45) is 0 Å². The number of ether oxygens (including phenoxy) is 1. The number of rotatable bonds is 58. The fourth-order valence-electron chi connectivity index (χ4n) is 9.87. The highest BCUT2D eigenvalue weighted by atomic mass is 16.5. The van der Waals surface area contributed by atoms with Crippen LogP contribution in [0.3, 0.4) is 0 Å². The Kier molecular flexibility index (Phi) is 57.4. The molecule has 0 aliphatic heterocycles. The molecule has 6 nitrogen and oxygen atoms in total. The summed E-state index contributed by atoms with van der Waals surface area (Å²) in [6.45, 7) is 6.50. The standard InChI is InChI=1S/C65H123NO5/c1-4-7-10-13-16-19-22-25-28-31-32-34-37-40-43-46-49-52-55-58-65(70)71-61(56-53-50-47-44-41-38-35-33-29-26-23-20-17-14-11-8-5-2)59-64(69)66-62(60-67)63(68)57-54-51-48-45-42-39-36-30-27-24-21-18-15-12-9-6-3/h17,20,25-26,28-29,61-63,67-68H,4-16,18-19,21-24,27,30-60H2,1-3H3,(H,66,69)/b20-17-,28-25+,29-26-. The van der Waals surface area contributed by atoms with Gasteiger partial charge in [-0.15, -0.1) is 0 Å². The number of aliphatic hydroxyl groups excluding tert-OH is 2. The van der Waals surface area contributed by atoms with Gasteiger partial charge >= 0.3 is 5.97 Å². The first-order chi connectivity index (χ1) is 35.0. The molecule has 0 saturated heterocycles. The van der Waals surface area contributed by atoms with Crippen molar-refractivity contribution in [3.63, 3.8) is 0 Å². The van der Waals surface area contributed by atoms with Crippen LogP contribution in [0.1, 0.15) is 342 Å². The third kappa shape index (κ3) is 54.2. The highest BCUT2D eigenvalue weighted by molar-refractivity contribution is 5.77. The molecule has 0 saturated carbocycles. The maximum absolute atomic E-state index is 13.3. The number of hydrogen-bond donors (Lipinski definition) is 3. The van der Waals surface area contributed by atoms with Crippen LogP contribution < -0.4 is 5.32 Å². The number of carbonyl (C=O) groups is 2. The predicted octanol–water partition coefficient (Wildman–Crippen LogP) is 20.0. The molecule has 0 aliphatic carbocycles. The van der Waals surface area contributed by atoms with Crippen LogP contribution in [-0.4, -0.2) is 46.9 Å². The summed E-state index contributed by atoms with van der Waals surface area (Å²) in [4.78, 5) is 26.4. The molecule has 6 heteroatoms. The van der Waals surface area contributed by atoms with Crippen molar-refractivity contribution in [2.75, 3.05) is 6.61 Å². The van der Waals surface area contributed by atoms with Gasteiger partial charge in [-0.25, -0.2) is 0 Å². The zero-order chi connectivity index (χ0) is 51.6. The zero-order valence-corrected chi connectivity index (χ0v) is 47.9. The lowest BCUT2D eigenvalue weighted by Crippen LogP contribution is -2.46. The molecule has 0 rings (SSSR count). The lowest BCUT2D eigenvalue weighted by atomic mass is 10.0. The Bertz CT molecular complexity index is 1170. The number of aliphatic hydroxyl groups is 2. The van der Waals surface area contributed by atoms with Crippen LogP contribution in [-0.2, 0) is 14.3 Å². The Morgan fingerprint density at radius 1 is 0.408 bits per heavy atom. The highest BCUT2D eigenvalue weighted by Crippen LogP contribution is 2.19. The van der Waals surface area contributed by atoms with Gasteiger partial charge in [0.05, 0.1) is 25.2 Å². The van der Waals surface area contributed by atoms with E-state index in [1.54, 1.807) is 0 Å². The summed E-state index contributed by atoms with van der Waals surface area (Å²) in [6.07, 6.45) is 72.1. The summed E-state index contributed by atoms with van der Waals surface area (Å²) in [6, 6.07) is -0.704. The van der Waals surface area contributed by atoms with Crippen LogP contribution in [0.15, 0.2) is 36.5 Å². The maximum Gasteiger partial charge on any atom is 0.306 e. The van der Waals surface area contributed by atoms with Crippen LogP contribution in [0.25, 0.3) is 0 Å². The Morgan fingerprint density at radius 3 is 1.11 bits per heavy atom. The van der Waals surface area contributed by atoms with Gasteiger partial charge in [0.2, 0.25) is 5.91 Å². The van der Waals surface area contributed by atoms with Crippen LogP contribution >= 0.6 is 0 Å². The van der Waals surface area contributed by atoms with Crippen molar-refractivity contribution in [3.8, 4) is 0 Å². The Morgan fingerprint density at radius 2 is 0.718 bits per heavy atom. The summed E-state index contributed by atoms with van der Waals surface area (Å²) in [5.74, 6) is -0.465. The van der Waals surface area contributed by atoms with E-state index < -0.39 is 18.2 Å². The molecule has 0 bridgehead atoms. The quantitative estimate of drug-likeness (QED) is 0.0321. The van der Waals surface area contributed by atoms with E-state index in [-0.39, 0.29) is 24.9 Å². The van der Waals surface area contributed by atoms with Gasteiger partial charge < -0.3 is 20.3 Å².